The van der Waals surface area contributed by atoms with Gasteiger partial charge in [-0.05, 0) is 25.1 Å². The van der Waals surface area contributed by atoms with Gasteiger partial charge in [-0.3, -0.25) is 0 Å². The molecule has 0 aliphatic heterocycles. The second-order valence-corrected chi connectivity index (χ2v) is 7.20. The van der Waals surface area contributed by atoms with Crippen LogP contribution < -0.4 is 0 Å². The Morgan fingerprint density at radius 3 is 2.55 bits per heavy atom. The molecular weight excluding hydrogens is 415 g/mol. The molecule has 0 saturated carbocycles. The number of rotatable bonds is 5. The molecule has 0 amide bonds. The van der Waals surface area contributed by atoms with Crippen molar-refractivity contribution in [2.75, 3.05) is 0 Å². The van der Waals surface area contributed by atoms with Crippen molar-refractivity contribution in [3.8, 4) is 16.9 Å². The van der Waals surface area contributed by atoms with Gasteiger partial charge in [-0.2, -0.15) is 10.3 Å². The number of carbonyl (C=O) groups is 1. The van der Waals surface area contributed by atoms with E-state index >= 15 is 0 Å². The number of hydrogen-bond acceptors (Lipinski definition) is 5. The molecule has 146 valence electrons. The number of hydrogen-bond donors (Lipinski definition) is 2. The molecule has 4 aromatic rings. The minimum Gasteiger partial charge on any atom is -0.476 e. The summed E-state index contributed by atoms with van der Waals surface area (Å²) in [6, 6.07) is 12.6. The third kappa shape index (κ3) is 3.72. The van der Waals surface area contributed by atoms with E-state index in [2.05, 4.69) is 25.7 Å². The third-order valence-corrected chi connectivity index (χ3v) is 4.91. The minimum absolute atomic E-state index is 0.114. The molecule has 0 aliphatic rings. The number of aromatic amines is 1. The van der Waals surface area contributed by atoms with E-state index in [0.29, 0.717) is 32.8 Å². The highest BCUT2D eigenvalue weighted by Gasteiger charge is 2.26. The van der Waals surface area contributed by atoms with E-state index in [1.54, 1.807) is 18.2 Å². The summed E-state index contributed by atoms with van der Waals surface area (Å²) in [5.74, 6) is -0.816. The minimum atomic E-state index is -1.17. The molecule has 4 rings (SSSR count). The molecule has 0 fully saturated rings. The molecule has 0 unspecified atom stereocenters. The lowest BCUT2D eigenvalue weighted by molar-refractivity contribution is 0.0689. The van der Waals surface area contributed by atoms with Gasteiger partial charge in [-0.25, -0.2) is 9.48 Å². The quantitative estimate of drug-likeness (QED) is 0.497. The summed E-state index contributed by atoms with van der Waals surface area (Å²) < 4.78 is 1.52. The predicted molar refractivity (Wildman–Crippen MR) is 108 cm³/mol. The molecule has 2 aromatic carbocycles. The fourth-order valence-corrected chi connectivity index (χ4v) is 3.53. The monoisotopic (exact) mass is 428 g/mol. The van der Waals surface area contributed by atoms with E-state index in [4.69, 9.17) is 23.2 Å². The smallest absolute Gasteiger partial charge is 0.356 e. The Morgan fingerprint density at radius 1 is 1.17 bits per heavy atom. The average Bonchev–Trinajstić information content (AvgIpc) is 3.31. The Bertz CT molecular complexity index is 1190. The van der Waals surface area contributed by atoms with Gasteiger partial charge in [0.2, 0.25) is 0 Å². The molecule has 10 heteroatoms. The van der Waals surface area contributed by atoms with Crippen molar-refractivity contribution in [3.63, 3.8) is 0 Å². The van der Waals surface area contributed by atoms with Crippen LogP contribution >= 0.6 is 23.2 Å². The predicted octanol–water partition coefficient (Wildman–Crippen LogP) is 3.96. The summed E-state index contributed by atoms with van der Waals surface area (Å²) in [5.41, 5.74) is 3.28. The zero-order valence-electron chi connectivity index (χ0n) is 15.1. The van der Waals surface area contributed by atoms with Crippen molar-refractivity contribution < 1.29 is 9.90 Å². The number of carboxylic acids is 1. The molecule has 0 atom stereocenters. The van der Waals surface area contributed by atoms with Gasteiger partial charge in [0.1, 0.15) is 0 Å². The van der Waals surface area contributed by atoms with Gasteiger partial charge in [0.15, 0.2) is 11.5 Å². The molecule has 0 bridgehead atoms. The Balaban J connectivity index is 2.01. The highest BCUT2D eigenvalue weighted by atomic mass is 35.5. The van der Waals surface area contributed by atoms with E-state index in [9.17, 15) is 9.90 Å². The van der Waals surface area contributed by atoms with Crippen molar-refractivity contribution in [1.29, 1.82) is 0 Å². The maximum atomic E-state index is 12.0. The van der Waals surface area contributed by atoms with Gasteiger partial charge in [0.05, 0.1) is 16.4 Å². The number of aromatic nitrogens is 6. The van der Waals surface area contributed by atoms with Crippen LogP contribution in [0.4, 0.5) is 0 Å². The summed E-state index contributed by atoms with van der Waals surface area (Å²) in [4.78, 5) is 12.0. The number of H-pyrrole nitrogens is 1. The first-order chi connectivity index (χ1) is 13.9. The van der Waals surface area contributed by atoms with Crippen LogP contribution in [0.1, 0.15) is 27.4 Å². The molecule has 2 N–H and O–H groups in total. The van der Waals surface area contributed by atoms with Crippen molar-refractivity contribution in [2.24, 2.45) is 0 Å². The summed E-state index contributed by atoms with van der Waals surface area (Å²) in [6.07, 6.45) is 0.131. The van der Waals surface area contributed by atoms with Crippen LogP contribution in [-0.4, -0.2) is 41.5 Å². The molecule has 0 saturated heterocycles. The number of tetrazole rings is 1. The fourth-order valence-electron chi connectivity index (χ4n) is 3.04. The second-order valence-electron chi connectivity index (χ2n) is 6.36. The van der Waals surface area contributed by atoms with Crippen LogP contribution in [0.25, 0.3) is 16.9 Å². The lowest BCUT2D eigenvalue weighted by Gasteiger charge is -2.11. The fraction of sp³-hybridized carbons (Fsp3) is 0.105. The number of aromatic carboxylic acids is 1. The number of carboxylic acid groups (broad SMARTS) is 1. The summed E-state index contributed by atoms with van der Waals surface area (Å²) in [5, 5.41) is 28.8. The van der Waals surface area contributed by atoms with E-state index in [-0.39, 0.29) is 12.1 Å². The highest BCUT2D eigenvalue weighted by molar-refractivity contribution is 6.35. The van der Waals surface area contributed by atoms with E-state index in [1.165, 1.54) is 4.68 Å². The Labute approximate surface area is 175 Å². The maximum absolute atomic E-state index is 12.0. The van der Waals surface area contributed by atoms with Crippen molar-refractivity contribution in [2.45, 2.75) is 13.3 Å². The third-order valence-electron chi connectivity index (χ3n) is 4.37. The number of aryl methyl sites for hydroxylation is 1. The lowest BCUT2D eigenvalue weighted by Crippen LogP contribution is -2.04. The van der Waals surface area contributed by atoms with Gasteiger partial charge in [-0.15, -0.1) is 10.2 Å². The summed E-state index contributed by atoms with van der Waals surface area (Å²) in [7, 11) is 0. The lowest BCUT2D eigenvalue weighted by atomic mass is 10.0. The molecule has 8 nitrogen and oxygen atoms in total. The molecule has 0 radical (unpaired) electrons. The topological polar surface area (TPSA) is 110 Å². The van der Waals surface area contributed by atoms with Gasteiger partial charge < -0.3 is 5.11 Å². The van der Waals surface area contributed by atoms with Crippen molar-refractivity contribution in [1.82, 2.24) is 30.4 Å². The first kappa shape index (κ1) is 19.1. The van der Waals surface area contributed by atoms with Gasteiger partial charge in [0.25, 0.3) is 0 Å². The van der Waals surface area contributed by atoms with Crippen LogP contribution in [0.3, 0.4) is 0 Å². The SMILES string of the molecule is Cc1ccc(-c2c(Cc3nn[nH]n3)c(C(=O)O)nn2-c2ccc(Cl)cc2Cl)cc1. The Hall–Kier alpha value is -3.23. The molecule has 0 spiro atoms. The summed E-state index contributed by atoms with van der Waals surface area (Å²) >= 11 is 12.4. The van der Waals surface area contributed by atoms with E-state index in [0.717, 1.165) is 11.1 Å². The second kappa shape index (κ2) is 7.65. The van der Waals surface area contributed by atoms with Crippen molar-refractivity contribution in [3.05, 3.63) is 75.2 Å². The van der Waals surface area contributed by atoms with Crippen LogP contribution in [0.2, 0.25) is 10.0 Å². The Morgan fingerprint density at radius 2 is 1.93 bits per heavy atom. The maximum Gasteiger partial charge on any atom is 0.356 e. The molecular formula is C19H14Cl2N6O2. The van der Waals surface area contributed by atoms with Crippen LogP contribution in [0.5, 0.6) is 0 Å². The largest absolute Gasteiger partial charge is 0.476 e. The number of nitrogens with one attached hydrogen (secondary N) is 1. The van der Waals surface area contributed by atoms with Gasteiger partial charge in [0, 0.05) is 22.6 Å². The average molecular weight is 429 g/mol. The first-order valence-electron chi connectivity index (χ1n) is 8.54. The van der Waals surface area contributed by atoms with Crippen molar-refractivity contribution >= 4 is 29.2 Å². The number of halogens is 2. The number of nitrogens with zero attached hydrogens (tertiary/aromatic N) is 5. The summed E-state index contributed by atoms with van der Waals surface area (Å²) in [6.45, 7) is 1.97. The van der Waals surface area contributed by atoms with Crippen LogP contribution in [0, 0.1) is 6.92 Å². The van der Waals surface area contributed by atoms with Crippen LogP contribution in [-0.2, 0) is 6.42 Å². The van der Waals surface area contributed by atoms with Gasteiger partial charge in [-0.1, -0.05) is 58.2 Å². The molecule has 2 heterocycles. The first-order valence-corrected chi connectivity index (χ1v) is 9.29. The zero-order chi connectivity index (χ0) is 20.5. The molecule has 0 aliphatic carbocycles. The number of benzene rings is 2. The molecule has 2 aromatic heterocycles. The standard InChI is InChI=1S/C19H14Cl2N6O2/c1-10-2-4-11(5-3-10)18-13(9-16-22-25-26-23-16)17(19(28)29)24-27(18)15-7-6-12(20)8-14(15)21/h2-8H,9H2,1H3,(H,28,29)(H,22,23,25,26). The Kier molecular flexibility index (Phi) is 5.04. The van der Waals surface area contributed by atoms with E-state index < -0.39 is 5.97 Å². The van der Waals surface area contributed by atoms with Crippen LogP contribution in [0.15, 0.2) is 42.5 Å². The molecule has 29 heavy (non-hydrogen) atoms. The normalized spacial score (nSPS) is 11.0. The highest BCUT2D eigenvalue weighted by Crippen LogP contribution is 2.34. The van der Waals surface area contributed by atoms with Gasteiger partial charge >= 0.3 is 5.97 Å². The van der Waals surface area contributed by atoms with E-state index in [1.807, 2.05) is 31.2 Å². The zero-order valence-corrected chi connectivity index (χ0v) is 16.6.